The normalized spacial score (nSPS) is 10.7. The van der Waals surface area contributed by atoms with Crippen molar-refractivity contribution in [3.63, 3.8) is 0 Å². The third kappa shape index (κ3) is 4.62. The molecule has 0 radical (unpaired) electrons. The minimum Gasteiger partial charge on any atom is -0.372 e. The van der Waals surface area contributed by atoms with Gasteiger partial charge in [0.15, 0.2) is 0 Å². The Balaban J connectivity index is 2.87. The van der Waals surface area contributed by atoms with Crippen molar-refractivity contribution in [1.82, 2.24) is 5.32 Å². The Kier molecular flexibility index (Phi) is 7.36. The number of nitrogens with one attached hydrogen (secondary N) is 1. The predicted molar refractivity (Wildman–Crippen MR) is 84.3 cm³/mol. The fourth-order valence-electron chi connectivity index (χ4n) is 2.10. The van der Waals surface area contributed by atoms with Crippen LogP contribution in [0.1, 0.15) is 39.2 Å². The van der Waals surface area contributed by atoms with E-state index in [0.29, 0.717) is 0 Å². The number of halogens is 1. The summed E-state index contributed by atoms with van der Waals surface area (Å²) in [5.74, 6) is 0. The topological polar surface area (TPSA) is 15.3 Å². The molecule has 2 nitrogen and oxygen atoms in total. The third-order valence-electron chi connectivity index (χ3n) is 3.01. The largest absolute Gasteiger partial charge is 0.372 e. The molecule has 0 amide bonds. The van der Waals surface area contributed by atoms with Crippen LogP contribution in [0.2, 0.25) is 0 Å². The van der Waals surface area contributed by atoms with Gasteiger partial charge in [-0.2, -0.15) is 0 Å². The molecule has 102 valence electrons. The Morgan fingerprint density at radius 2 is 1.94 bits per heavy atom. The zero-order chi connectivity index (χ0) is 13.4. The van der Waals surface area contributed by atoms with Gasteiger partial charge in [-0.15, -0.1) is 0 Å². The fraction of sp³-hybridized carbons (Fsp3) is 0.600. The summed E-state index contributed by atoms with van der Waals surface area (Å²) in [6.45, 7) is 10.9. The molecule has 0 aliphatic rings. The van der Waals surface area contributed by atoms with E-state index in [2.05, 4.69) is 65.1 Å². The highest BCUT2D eigenvalue weighted by molar-refractivity contribution is 9.10. The van der Waals surface area contributed by atoms with Crippen molar-refractivity contribution < 1.29 is 0 Å². The summed E-state index contributed by atoms with van der Waals surface area (Å²) in [5, 5.41) is 3.49. The molecule has 18 heavy (non-hydrogen) atoms. The SMILES string of the molecule is CCCNCc1ccc(Br)cc1N(CC)CCC. The summed E-state index contributed by atoms with van der Waals surface area (Å²) >= 11 is 3.58. The molecule has 3 heteroatoms. The van der Waals surface area contributed by atoms with Gasteiger partial charge in [0.25, 0.3) is 0 Å². The van der Waals surface area contributed by atoms with Crippen molar-refractivity contribution in [2.75, 3.05) is 24.5 Å². The van der Waals surface area contributed by atoms with E-state index >= 15 is 0 Å². The lowest BCUT2D eigenvalue weighted by Gasteiger charge is -2.25. The first kappa shape index (κ1) is 15.5. The first-order valence-electron chi connectivity index (χ1n) is 6.97. The number of hydrogen-bond acceptors (Lipinski definition) is 2. The van der Waals surface area contributed by atoms with Crippen LogP contribution < -0.4 is 10.2 Å². The molecular formula is C15H25BrN2. The van der Waals surface area contributed by atoms with E-state index in [1.54, 1.807) is 0 Å². The second-order valence-corrected chi connectivity index (χ2v) is 5.45. The van der Waals surface area contributed by atoms with Gasteiger partial charge in [-0.1, -0.05) is 35.8 Å². The van der Waals surface area contributed by atoms with Gasteiger partial charge < -0.3 is 10.2 Å². The van der Waals surface area contributed by atoms with Crippen molar-refractivity contribution in [3.05, 3.63) is 28.2 Å². The van der Waals surface area contributed by atoms with E-state index in [-0.39, 0.29) is 0 Å². The molecule has 0 bridgehead atoms. The number of benzene rings is 1. The molecule has 1 rings (SSSR count). The highest BCUT2D eigenvalue weighted by atomic mass is 79.9. The molecule has 0 unspecified atom stereocenters. The molecule has 1 aromatic carbocycles. The second-order valence-electron chi connectivity index (χ2n) is 4.53. The maximum atomic E-state index is 3.58. The molecule has 0 aliphatic heterocycles. The molecular weight excluding hydrogens is 288 g/mol. The Morgan fingerprint density at radius 3 is 2.56 bits per heavy atom. The number of rotatable bonds is 8. The molecule has 1 aromatic rings. The van der Waals surface area contributed by atoms with Gasteiger partial charge in [0.2, 0.25) is 0 Å². The number of hydrogen-bond donors (Lipinski definition) is 1. The summed E-state index contributed by atoms with van der Waals surface area (Å²) in [4.78, 5) is 2.45. The molecule has 0 heterocycles. The van der Waals surface area contributed by atoms with Crippen LogP contribution in [-0.2, 0) is 6.54 Å². The van der Waals surface area contributed by atoms with Crippen molar-refractivity contribution in [3.8, 4) is 0 Å². The quantitative estimate of drug-likeness (QED) is 0.724. The van der Waals surface area contributed by atoms with E-state index in [4.69, 9.17) is 0 Å². The molecule has 0 saturated carbocycles. The third-order valence-corrected chi connectivity index (χ3v) is 3.50. The molecule has 0 aromatic heterocycles. The molecule has 0 saturated heterocycles. The highest BCUT2D eigenvalue weighted by Gasteiger charge is 2.09. The minimum absolute atomic E-state index is 0.955. The van der Waals surface area contributed by atoms with Crippen molar-refractivity contribution in [1.29, 1.82) is 0 Å². The molecule has 0 aliphatic carbocycles. The van der Waals surface area contributed by atoms with Crippen molar-refractivity contribution in [2.45, 2.75) is 40.2 Å². The van der Waals surface area contributed by atoms with Crippen molar-refractivity contribution >= 4 is 21.6 Å². The van der Waals surface area contributed by atoms with E-state index in [9.17, 15) is 0 Å². The Morgan fingerprint density at radius 1 is 1.17 bits per heavy atom. The monoisotopic (exact) mass is 312 g/mol. The zero-order valence-electron chi connectivity index (χ0n) is 11.8. The standard InChI is InChI=1S/C15H25BrN2/c1-4-9-17-12-13-7-8-14(16)11-15(13)18(6-3)10-5-2/h7-8,11,17H,4-6,9-10,12H2,1-3H3. The van der Waals surface area contributed by atoms with Gasteiger partial charge >= 0.3 is 0 Å². The lowest BCUT2D eigenvalue weighted by Crippen LogP contribution is -2.26. The van der Waals surface area contributed by atoms with Crippen molar-refractivity contribution in [2.24, 2.45) is 0 Å². The van der Waals surface area contributed by atoms with E-state index < -0.39 is 0 Å². The van der Waals surface area contributed by atoms with Crippen LogP contribution in [0.25, 0.3) is 0 Å². The Bertz CT molecular complexity index is 352. The summed E-state index contributed by atoms with van der Waals surface area (Å²) in [6, 6.07) is 6.59. The predicted octanol–water partition coefficient (Wildman–Crippen LogP) is 4.19. The van der Waals surface area contributed by atoms with Crippen LogP contribution in [0, 0.1) is 0 Å². The van der Waals surface area contributed by atoms with Crippen LogP contribution in [0.3, 0.4) is 0 Å². The molecule has 0 spiro atoms. The summed E-state index contributed by atoms with van der Waals surface area (Å²) in [7, 11) is 0. The van der Waals surface area contributed by atoms with Gasteiger partial charge in [0.05, 0.1) is 0 Å². The van der Waals surface area contributed by atoms with E-state index in [1.807, 2.05) is 0 Å². The first-order valence-corrected chi connectivity index (χ1v) is 7.76. The second kappa shape index (κ2) is 8.54. The van der Waals surface area contributed by atoms with Gasteiger partial charge in [-0.05, 0) is 44.0 Å². The average molecular weight is 313 g/mol. The molecule has 1 N–H and O–H groups in total. The van der Waals surface area contributed by atoms with Crippen LogP contribution in [0.5, 0.6) is 0 Å². The lowest BCUT2D eigenvalue weighted by molar-refractivity contribution is 0.671. The summed E-state index contributed by atoms with van der Waals surface area (Å²) < 4.78 is 1.16. The van der Waals surface area contributed by atoms with Crippen LogP contribution in [-0.4, -0.2) is 19.6 Å². The average Bonchev–Trinajstić information content (AvgIpc) is 2.38. The minimum atomic E-state index is 0.955. The van der Waals surface area contributed by atoms with Crippen LogP contribution >= 0.6 is 15.9 Å². The zero-order valence-corrected chi connectivity index (χ0v) is 13.4. The molecule has 0 atom stereocenters. The smallest absolute Gasteiger partial charge is 0.0423 e. The Hall–Kier alpha value is -0.540. The molecule has 0 fully saturated rings. The van der Waals surface area contributed by atoms with Gasteiger partial charge in [-0.3, -0.25) is 0 Å². The maximum absolute atomic E-state index is 3.58. The first-order chi connectivity index (χ1) is 8.72. The maximum Gasteiger partial charge on any atom is 0.0423 e. The number of nitrogens with zero attached hydrogens (tertiary/aromatic N) is 1. The van der Waals surface area contributed by atoms with Gasteiger partial charge in [-0.25, -0.2) is 0 Å². The highest BCUT2D eigenvalue weighted by Crippen LogP contribution is 2.25. The van der Waals surface area contributed by atoms with E-state index in [0.717, 1.165) is 30.7 Å². The van der Waals surface area contributed by atoms with Gasteiger partial charge in [0.1, 0.15) is 0 Å². The number of anilines is 1. The summed E-state index contributed by atoms with van der Waals surface area (Å²) in [5.41, 5.74) is 2.75. The lowest BCUT2D eigenvalue weighted by atomic mass is 10.1. The van der Waals surface area contributed by atoms with E-state index in [1.165, 1.54) is 24.1 Å². The summed E-state index contributed by atoms with van der Waals surface area (Å²) in [6.07, 6.45) is 2.36. The van der Waals surface area contributed by atoms with Crippen LogP contribution in [0.4, 0.5) is 5.69 Å². The Labute approximate surface area is 120 Å². The van der Waals surface area contributed by atoms with Gasteiger partial charge in [0, 0.05) is 29.8 Å². The fourth-order valence-corrected chi connectivity index (χ4v) is 2.45. The van der Waals surface area contributed by atoms with Crippen LogP contribution in [0.15, 0.2) is 22.7 Å².